The van der Waals surface area contributed by atoms with Crippen molar-refractivity contribution in [2.45, 2.75) is 56.6 Å². The first kappa shape index (κ1) is 33.1. The maximum atomic E-state index is 15.1. The number of piperazine rings is 1. The van der Waals surface area contributed by atoms with Gasteiger partial charge in [0.1, 0.15) is 30.4 Å². The average Bonchev–Trinajstić information content (AvgIpc) is 3.51. The molecule has 4 saturated heterocycles. The summed E-state index contributed by atoms with van der Waals surface area (Å²) in [5.41, 5.74) is 2.92. The highest BCUT2D eigenvalue weighted by Gasteiger charge is 2.34. The number of likely N-dealkylation sites (tertiary alicyclic amines) is 1. The monoisotopic (exact) mass is 671 g/mol. The Kier molecular flexibility index (Phi) is 10.1. The van der Waals surface area contributed by atoms with Crippen molar-refractivity contribution in [2.24, 2.45) is 0 Å². The van der Waals surface area contributed by atoms with E-state index in [1.165, 1.54) is 12.0 Å². The summed E-state index contributed by atoms with van der Waals surface area (Å²) in [6.45, 7) is 8.41. The molecular formula is C35H42FN9O4. The van der Waals surface area contributed by atoms with E-state index >= 15 is 4.39 Å². The zero-order chi connectivity index (χ0) is 33.7. The number of nitrogens with zero attached hydrogens (tertiary/aromatic N) is 7. The highest BCUT2D eigenvalue weighted by molar-refractivity contribution is 5.78. The van der Waals surface area contributed by atoms with Gasteiger partial charge in [0.15, 0.2) is 5.82 Å². The Balaban J connectivity index is 0.923. The number of ether oxygens (including phenoxy) is 3. The fraction of sp³-hybridized carbons (Fsp3) is 0.514. The molecule has 3 aromatic rings. The number of anilines is 3. The van der Waals surface area contributed by atoms with Gasteiger partial charge in [0.25, 0.3) is 0 Å². The minimum absolute atomic E-state index is 0.0220. The fourth-order valence-electron chi connectivity index (χ4n) is 6.89. The zero-order valence-electron chi connectivity index (χ0n) is 27.6. The van der Waals surface area contributed by atoms with Crippen molar-refractivity contribution >= 4 is 23.2 Å². The van der Waals surface area contributed by atoms with E-state index in [0.717, 1.165) is 45.0 Å². The molecule has 0 saturated carbocycles. The minimum atomic E-state index is -1.25. The van der Waals surface area contributed by atoms with Gasteiger partial charge in [-0.1, -0.05) is 0 Å². The number of benzene rings is 2. The molecule has 14 heteroatoms. The van der Waals surface area contributed by atoms with E-state index in [1.807, 2.05) is 17.0 Å². The van der Waals surface area contributed by atoms with Crippen molar-refractivity contribution in [3.8, 4) is 23.2 Å². The van der Waals surface area contributed by atoms with Gasteiger partial charge in [0, 0.05) is 68.5 Å². The van der Waals surface area contributed by atoms with Crippen LogP contribution in [0.3, 0.4) is 0 Å². The van der Waals surface area contributed by atoms with Crippen molar-refractivity contribution in [3.05, 3.63) is 54.4 Å². The SMILES string of the molecule is C[C@H]1CN(c2ccc(Nc3ncnc(-c4ccc(O[C@H]5CCN(COCC6CCC(=O)N6)C[C@H]5F)c(C#N)c4)n3)cc2)CCN1C1COC1. The number of aromatic nitrogens is 3. The number of nitrogens with one attached hydrogen (secondary N) is 2. The van der Waals surface area contributed by atoms with E-state index < -0.39 is 12.3 Å². The Morgan fingerprint density at radius 1 is 1.10 bits per heavy atom. The molecule has 2 aromatic carbocycles. The molecule has 0 aliphatic carbocycles. The second-order valence-electron chi connectivity index (χ2n) is 13.2. The van der Waals surface area contributed by atoms with E-state index in [9.17, 15) is 10.1 Å². The summed E-state index contributed by atoms with van der Waals surface area (Å²) in [7, 11) is 0. The molecule has 1 unspecified atom stereocenters. The summed E-state index contributed by atoms with van der Waals surface area (Å²) in [4.78, 5) is 31.4. The number of alkyl halides is 1. The number of piperidine rings is 1. The summed E-state index contributed by atoms with van der Waals surface area (Å²) >= 11 is 0. The van der Waals surface area contributed by atoms with Crippen LogP contribution in [0.1, 0.15) is 31.7 Å². The van der Waals surface area contributed by atoms with Gasteiger partial charge in [0.05, 0.1) is 44.2 Å². The molecule has 2 N–H and O–H groups in total. The summed E-state index contributed by atoms with van der Waals surface area (Å²) < 4.78 is 32.3. The topological polar surface area (TPSA) is 141 Å². The lowest BCUT2D eigenvalue weighted by molar-refractivity contribution is -0.119. The molecule has 4 aliphatic rings. The molecular weight excluding hydrogens is 629 g/mol. The molecule has 0 radical (unpaired) electrons. The first-order chi connectivity index (χ1) is 23.9. The summed E-state index contributed by atoms with van der Waals surface area (Å²) in [6, 6.07) is 16.5. The van der Waals surface area contributed by atoms with Gasteiger partial charge in [-0.15, -0.1) is 0 Å². The van der Waals surface area contributed by atoms with Crippen LogP contribution in [-0.4, -0.2) is 120 Å². The van der Waals surface area contributed by atoms with Gasteiger partial charge in [-0.05, 0) is 55.8 Å². The van der Waals surface area contributed by atoms with Crippen LogP contribution in [0.15, 0.2) is 48.8 Å². The van der Waals surface area contributed by atoms with Crippen molar-refractivity contribution in [3.63, 3.8) is 0 Å². The second-order valence-corrected chi connectivity index (χ2v) is 13.2. The Morgan fingerprint density at radius 2 is 1.96 bits per heavy atom. The number of amides is 1. The van der Waals surface area contributed by atoms with Crippen molar-refractivity contribution in [2.75, 3.05) is 69.5 Å². The lowest BCUT2D eigenvalue weighted by Gasteiger charge is -2.47. The van der Waals surface area contributed by atoms with E-state index in [2.05, 4.69) is 60.5 Å². The summed E-state index contributed by atoms with van der Waals surface area (Å²) in [5, 5.41) is 16.0. The van der Waals surface area contributed by atoms with Crippen LogP contribution in [0.25, 0.3) is 11.4 Å². The van der Waals surface area contributed by atoms with Crippen LogP contribution < -0.4 is 20.3 Å². The lowest BCUT2D eigenvalue weighted by atomic mass is 10.1. The van der Waals surface area contributed by atoms with Gasteiger partial charge < -0.3 is 29.7 Å². The molecule has 7 rings (SSSR count). The maximum Gasteiger partial charge on any atom is 0.230 e. The number of hydrogen-bond acceptors (Lipinski definition) is 12. The van der Waals surface area contributed by atoms with E-state index in [4.69, 9.17) is 14.2 Å². The average molecular weight is 672 g/mol. The first-order valence-electron chi connectivity index (χ1n) is 17.0. The third kappa shape index (κ3) is 7.91. The largest absolute Gasteiger partial charge is 0.486 e. The minimum Gasteiger partial charge on any atom is -0.486 e. The molecule has 1 amide bonds. The molecule has 4 aliphatic heterocycles. The summed E-state index contributed by atoms with van der Waals surface area (Å²) in [5.74, 6) is 1.14. The lowest BCUT2D eigenvalue weighted by Crippen LogP contribution is -2.60. The fourth-order valence-corrected chi connectivity index (χ4v) is 6.89. The number of hydrogen-bond donors (Lipinski definition) is 2. The maximum absolute atomic E-state index is 15.1. The first-order valence-corrected chi connectivity index (χ1v) is 17.0. The Labute approximate surface area is 285 Å². The van der Waals surface area contributed by atoms with Crippen molar-refractivity contribution in [1.82, 2.24) is 30.1 Å². The number of carbonyl (C=O) groups excluding carboxylic acids is 1. The van der Waals surface area contributed by atoms with E-state index in [-0.39, 0.29) is 24.1 Å². The van der Waals surface area contributed by atoms with Crippen LogP contribution >= 0.6 is 0 Å². The number of rotatable bonds is 11. The van der Waals surface area contributed by atoms with Crippen LogP contribution in [0.2, 0.25) is 0 Å². The molecule has 5 heterocycles. The smallest absolute Gasteiger partial charge is 0.230 e. The highest BCUT2D eigenvalue weighted by Crippen LogP contribution is 2.29. The molecule has 4 fully saturated rings. The zero-order valence-corrected chi connectivity index (χ0v) is 27.6. The molecule has 258 valence electrons. The molecule has 4 atom stereocenters. The third-order valence-corrected chi connectivity index (χ3v) is 9.71. The van der Waals surface area contributed by atoms with Crippen LogP contribution in [-0.2, 0) is 14.3 Å². The highest BCUT2D eigenvalue weighted by atomic mass is 19.1. The van der Waals surface area contributed by atoms with Gasteiger partial charge in [-0.25, -0.2) is 14.4 Å². The normalized spacial score (nSPS) is 25.0. The predicted molar refractivity (Wildman–Crippen MR) is 180 cm³/mol. The van der Waals surface area contributed by atoms with Crippen LogP contribution in [0, 0.1) is 11.3 Å². The molecule has 1 aromatic heterocycles. The summed E-state index contributed by atoms with van der Waals surface area (Å²) in [6.07, 6.45) is 1.23. The number of halogens is 1. The van der Waals surface area contributed by atoms with Gasteiger partial charge in [0.2, 0.25) is 11.9 Å². The van der Waals surface area contributed by atoms with E-state index in [0.29, 0.717) is 67.9 Å². The standard InChI is InChI=1S/C35H42FN9O4/c1-23-16-44(12-13-45(23)29-19-47-20-29)28-6-3-26(4-7-28)41-35-39-21-38-34(42-35)24-2-8-31(25(14-24)15-37)49-32-10-11-43(17-30(32)36)22-48-18-27-5-9-33(46)40-27/h2-4,6-8,14,21,23,27,29-30,32H,5,9-13,16-20,22H2,1H3,(H,40,46)(H,38,39,41,42)/t23-,27?,30+,32-/m0/s1. The van der Waals surface area contributed by atoms with Crippen LogP contribution in [0.4, 0.5) is 21.7 Å². The van der Waals surface area contributed by atoms with Gasteiger partial charge in [-0.2, -0.15) is 10.2 Å². The van der Waals surface area contributed by atoms with Gasteiger partial charge >= 0.3 is 0 Å². The Morgan fingerprint density at radius 3 is 2.67 bits per heavy atom. The van der Waals surface area contributed by atoms with Crippen LogP contribution in [0.5, 0.6) is 5.75 Å². The third-order valence-electron chi connectivity index (χ3n) is 9.71. The number of carbonyl (C=O) groups is 1. The molecule has 13 nitrogen and oxygen atoms in total. The van der Waals surface area contributed by atoms with Gasteiger partial charge in [-0.3, -0.25) is 14.6 Å². The second kappa shape index (κ2) is 15.0. The van der Waals surface area contributed by atoms with E-state index in [1.54, 1.807) is 18.2 Å². The molecule has 49 heavy (non-hydrogen) atoms. The molecule has 0 bridgehead atoms. The Hall–Kier alpha value is -4.42. The quantitative estimate of drug-likeness (QED) is 0.310. The van der Waals surface area contributed by atoms with Crippen molar-refractivity contribution < 1.29 is 23.4 Å². The Bertz CT molecular complexity index is 1650. The van der Waals surface area contributed by atoms with Crippen molar-refractivity contribution in [1.29, 1.82) is 5.26 Å². The molecule has 0 spiro atoms. The number of nitriles is 1. The predicted octanol–water partition coefficient (Wildman–Crippen LogP) is 3.11.